The third kappa shape index (κ3) is 3.77. The van der Waals surface area contributed by atoms with Gasteiger partial charge in [0.25, 0.3) is 0 Å². The number of hydrogen-bond acceptors (Lipinski definition) is 4. The number of benzene rings is 1. The number of thiazole rings is 1. The fourth-order valence-electron chi connectivity index (χ4n) is 2.24. The lowest BCUT2D eigenvalue weighted by Crippen LogP contribution is -2.21. The number of rotatable bonds is 5. The van der Waals surface area contributed by atoms with Crippen molar-refractivity contribution in [2.75, 3.05) is 11.9 Å². The molecule has 0 aliphatic rings. The minimum atomic E-state index is -0.560. The SMILES string of the molecule is Cc1ncsc1CN(C)c1c(F)cc(CC(C)N)cc1F. The first-order valence-electron chi connectivity index (χ1n) is 6.72. The second-order valence-electron chi connectivity index (χ2n) is 5.31. The van der Waals surface area contributed by atoms with Gasteiger partial charge in [-0.05, 0) is 38.0 Å². The van der Waals surface area contributed by atoms with Gasteiger partial charge in [0, 0.05) is 18.0 Å². The largest absolute Gasteiger partial charge is 0.365 e. The van der Waals surface area contributed by atoms with E-state index in [1.165, 1.54) is 23.5 Å². The molecule has 0 amide bonds. The summed E-state index contributed by atoms with van der Waals surface area (Å²) in [5, 5.41) is 0. The van der Waals surface area contributed by atoms with Crippen molar-refractivity contribution in [2.45, 2.75) is 32.9 Å². The Balaban J connectivity index is 2.25. The third-order valence-electron chi connectivity index (χ3n) is 3.24. The molecule has 114 valence electrons. The number of anilines is 1. The van der Waals surface area contributed by atoms with Crippen LogP contribution in [-0.4, -0.2) is 18.1 Å². The van der Waals surface area contributed by atoms with Crippen LogP contribution in [0.3, 0.4) is 0 Å². The van der Waals surface area contributed by atoms with Crippen molar-refractivity contribution >= 4 is 17.0 Å². The summed E-state index contributed by atoms with van der Waals surface area (Å²) in [5.41, 5.74) is 8.85. The van der Waals surface area contributed by atoms with Gasteiger partial charge < -0.3 is 10.6 Å². The van der Waals surface area contributed by atoms with Crippen molar-refractivity contribution < 1.29 is 8.78 Å². The summed E-state index contributed by atoms with van der Waals surface area (Å²) >= 11 is 1.48. The Morgan fingerprint density at radius 2 is 1.95 bits per heavy atom. The van der Waals surface area contributed by atoms with Gasteiger partial charge in [0.2, 0.25) is 0 Å². The van der Waals surface area contributed by atoms with Gasteiger partial charge in [-0.3, -0.25) is 0 Å². The lowest BCUT2D eigenvalue weighted by molar-refractivity contribution is 0.571. The Hall–Kier alpha value is -1.53. The molecule has 2 aromatic rings. The maximum atomic E-state index is 14.2. The number of halogens is 2. The predicted octanol–water partition coefficient (Wildman–Crippen LogP) is 3.26. The highest BCUT2D eigenvalue weighted by Crippen LogP contribution is 2.27. The van der Waals surface area contributed by atoms with Gasteiger partial charge in [0.15, 0.2) is 0 Å². The van der Waals surface area contributed by atoms with E-state index in [4.69, 9.17) is 5.73 Å². The van der Waals surface area contributed by atoms with Crippen molar-refractivity contribution in [3.63, 3.8) is 0 Å². The minimum absolute atomic E-state index is 0.0174. The van der Waals surface area contributed by atoms with Crippen molar-refractivity contribution in [1.29, 1.82) is 0 Å². The molecule has 1 atom stereocenters. The van der Waals surface area contributed by atoms with Crippen LogP contribution in [0.4, 0.5) is 14.5 Å². The summed E-state index contributed by atoms with van der Waals surface area (Å²) in [5.74, 6) is -1.12. The normalized spacial score (nSPS) is 12.5. The summed E-state index contributed by atoms with van der Waals surface area (Å²) < 4.78 is 28.4. The molecule has 0 fully saturated rings. The lowest BCUT2D eigenvalue weighted by Gasteiger charge is -2.21. The molecule has 6 heteroatoms. The maximum absolute atomic E-state index is 14.2. The first kappa shape index (κ1) is 15.9. The highest BCUT2D eigenvalue weighted by molar-refractivity contribution is 7.09. The maximum Gasteiger partial charge on any atom is 0.149 e. The van der Waals surface area contributed by atoms with Gasteiger partial charge >= 0.3 is 0 Å². The average Bonchev–Trinajstić information content (AvgIpc) is 2.73. The van der Waals surface area contributed by atoms with E-state index in [-0.39, 0.29) is 11.7 Å². The molecule has 1 aromatic heterocycles. The molecule has 1 aromatic carbocycles. The topological polar surface area (TPSA) is 42.2 Å². The van der Waals surface area contributed by atoms with Crippen LogP contribution in [0.2, 0.25) is 0 Å². The van der Waals surface area contributed by atoms with E-state index in [0.29, 0.717) is 18.5 Å². The lowest BCUT2D eigenvalue weighted by atomic mass is 10.1. The summed E-state index contributed by atoms with van der Waals surface area (Å²) in [6.45, 7) is 4.12. The Bertz CT molecular complexity index is 602. The van der Waals surface area contributed by atoms with Gasteiger partial charge in [-0.15, -0.1) is 11.3 Å². The van der Waals surface area contributed by atoms with Crippen LogP contribution < -0.4 is 10.6 Å². The molecule has 1 heterocycles. The molecule has 0 aliphatic carbocycles. The van der Waals surface area contributed by atoms with Crippen LogP contribution in [-0.2, 0) is 13.0 Å². The van der Waals surface area contributed by atoms with Crippen molar-refractivity contribution in [2.24, 2.45) is 5.73 Å². The molecule has 0 aliphatic heterocycles. The molecular formula is C15H19F2N3S. The van der Waals surface area contributed by atoms with E-state index in [1.54, 1.807) is 17.5 Å². The van der Waals surface area contributed by atoms with E-state index >= 15 is 0 Å². The predicted molar refractivity (Wildman–Crippen MR) is 82.7 cm³/mol. The molecule has 0 bridgehead atoms. The summed E-state index contributed by atoms with van der Waals surface area (Å²) in [7, 11) is 1.67. The van der Waals surface area contributed by atoms with Crippen LogP contribution in [0.5, 0.6) is 0 Å². The number of hydrogen-bond donors (Lipinski definition) is 1. The molecule has 0 saturated carbocycles. The van der Waals surface area contributed by atoms with Crippen molar-refractivity contribution in [3.8, 4) is 0 Å². The first-order valence-corrected chi connectivity index (χ1v) is 7.60. The molecule has 0 radical (unpaired) electrons. The summed E-state index contributed by atoms with van der Waals surface area (Å²) in [6, 6.07) is 2.59. The van der Waals surface area contributed by atoms with Crippen molar-refractivity contribution in [1.82, 2.24) is 4.98 Å². The van der Waals surface area contributed by atoms with Crippen LogP contribution in [0.15, 0.2) is 17.6 Å². The molecule has 2 rings (SSSR count). The van der Waals surface area contributed by atoms with Crippen LogP contribution in [0.25, 0.3) is 0 Å². The van der Waals surface area contributed by atoms with Gasteiger partial charge in [0.1, 0.15) is 17.3 Å². The number of nitrogens with two attached hydrogens (primary N) is 1. The number of aryl methyl sites for hydroxylation is 1. The highest BCUT2D eigenvalue weighted by Gasteiger charge is 2.17. The summed E-state index contributed by atoms with van der Waals surface area (Å²) in [6.07, 6.45) is 0.450. The zero-order valence-electron chi connectivity index (χ0n) is 12.4. The Kier molecular flexibility index (Phi) is 4.90. The van der Waals surface area contributed by atoms with E-state index < -0.39 is 11.6 Å². The number of aromatic nitrogens is 1. The second-order valence-corrected chi connectivity index (χ2v) is 6.25. The fraction of sp³-hybridized carbons (Fsp3) is 0.400. The van der Waals surface area contributed by atoms with Crippen molar-refractivity contribution in [3.05, 3.63) is 45.4 Å². The Morgan fingerprint density at radius 1 is 1.33 bits per heavy atom. The van der Waals surface area contributed by atoms with Gasteiger partial charge in [-0.1, -0.05) is 0 Å². The van der Waals surface area contributed by atoms with Gasteiger partial charge in [0.05, 0.1) is 17.7 Å². The smallest absolute Gasteiger partial charge is 0.149 e. The van der Waals surface area contributed by atoms with E-state index in [9.17, 15) is 8.78 Å². The van der Waals surface area contributed by atoms with Gasteiger partial charge in [-0.25, -0.2) is 13.8 Å². The second kappa shape index (κ2) is 6.49. The van der Waals surface area contributed by atoms with E-state index in [2.05, 4.69) is 4.98 Å². The van der Waals surface area contributed by atoms with Crippen LogP contribution in [0, 0.1) is 18.6 Å². The number of nitrogens with zero attached hydrogens (tertiary/aromatic N) is 2. The monoisotopic (exact) mass is 311 g/mol. The molecule has 21 heavy (non-hydrogen) atoms. The molecule has 0 spiro atoms. The van der Waals surface area contributed by atoms with Gasteiger partial charge in [-0.2, -0.15) is 0 Å². The zero-order valence-corrected chi connectivity index (χ0v) is 13.2. The molecule has 3 nitrogen and oxygen atoms in total. The standard InChI is InChI=1S/C15H19F2N3S/c1-9(18)4-11-5-12(16)15(13(17)6-11)20(3)7-14-10(2)19-8-21-14/h5-6,8-9H,4,7,18H2,1-3H3. The van der Waals surface area contributed by atoms with Crippen LogP contribution >= 0.6 is 11.3 Å². The molecule has 2 N–H and O–H groups in total. The molecule has 1 unspecified atom stereocenters. The fourth-order valence-corrected chi connectivity index (χ4v) is 3.07. The quantitative estimate of drug-likeness (QED) is 0.921. The highest BCUT2D eigenvalue weighted by atomic mass is 32.1. The van der Waals surface area contributed by atoms with Crippen LogP contribution in [0.1, 0.15) is 23.1 Å². The molecular weight excluding hydrogens is 292 g/mol. The van der Waals surface area contributed by atoms with E-state index in [0.717, 1.165) is 10.6 Å². The zero-order chi connectivity index (χ0) is 15.6. The minimum Gasteiger partial charge on any atom is -0.365 e. The average molecular weight is 311 g/mol. The third-order valence-corrected chi connectivity index (χ3v) is 4.16. The Labute approximate surface area is 127 Å². The molecule has 0 saturated heterocycles. The first-order chi connectivity index (χ1) is 9.88. The summed E-state index contributed by atoms with van der Waals surface area (Å²) in [4.78, 5) is 6.71. The Morgan fingerprint density at radius 3 is 2.43 bits per heavy atom. The van der Waals surface area contributed by atoms with E-state index in [1.807, 2.05) is 13.8 Å².